The van der Waals surface area contributed by atoms with E-state index in [0.717, 1.165) is 0 Å². The van der Waals surface area contributed by atoms with Crippen LogP contribution in [0.4, 0.5) is 0 Å². The molecule has 0 saturated heterocycles. The molecule has 0 fully saturated rings. The molecule has 0 heterocycles. The monoisotopic (exact) mass is 366 g/mol. The van der Waals surface area contributed by atoms with E-state index in [9.17, 15) is 0 Å². The van der Waals surface area contributed by atoms with Gasteiger partial charge in [-0.2, -0.15) is 0 Å². The third-order valence-corrected chi connectivity index (χ3v) is 3.12. The maximum Gasteiger partial charge on any atom is -0.0184 e. The summed E-state index contributed by atoms with van der Waals surface area (Å²) in [6.07, 6.45) is 2.50. The summed E-state index contributed by atoms with van der Waals surface area (Å²) in [6, 6.07) is 27.2. The van der Waals surface area contributed by atoms with Crippen molar-refractivity contribution in [3.63, 3.8) is 0 Å². The molecular weight excluding hydrogens is 324 g/mol. The highest BCUT2D eigenvalue weighted by molar-refractivity contribution is 5.81. The first-order valence-electron chi connectivity index (χ1n) is 10.6. The van der Waals surface area contributed by atoms with Crippen LogP contribution in [0.1, 0.15) is 79.7 Å². The van der Waals surface area contributed by atoms with Gasteiger partial charge in [0.05, 0.1) is 0 Å². The van der Waals surface area contributed by atoms with Crippen LogP contribution in [0.3, 0.4) is 0 Å². The molecule has 27 heavy (non-hydrogen) atoms. The van der Waals surface area contributed by atoms with Crippen LogP contribution < -0.4 is 0 Å². The average Bonchev–Trinajstić information content (AvgIpc) is 2.72. The minimum atomic E-state index is 0.659. The highest BCUT2D eigenvalue weighted by Gasteiger charge is 1.93. The largest absolute Gasteiger partial charge is 0.0683 e. The van der Waals surface area contributed by atoms with E-state index in [1.54, 1.807) is 0 Å². The Morgan fingerprint density at radius 3 is 1.00 bits per heavy atom. The molecule has 0 radical (unpaired) electrons. The van der Waals surface area contributed by atoms with E-state index in [0.29, 0.717) is 5.92 Å². The number of hydrogen-bond donors (Lipinski definition) is 0. The van der Waals surface area contributed by atoms with Crippen molar-refractivity contribution < 1.29 is 0 Å². The van der Waals surface area contributed by atoms with Gasteiger partial charge in [-0.1, -0.05) is 147 Å². The van der Waals surface area contributed by atoms with Gasteiger partial charge in [0.25, 0.3) is 0 Å². The SMILES string of the molecule is CC.CC(C)c1ccccc1.CCC.CCC.c1ccc2ccccc2c1. The molecule has 0 bridgehead atoms. The van der Waals surface area contributed by atoms with Crippen LogP contribution in [0.2, 0.25) is 0 Å². The first-order chi connectivity index (χ1) is 13.1. The zero-order valence-corrected chi connectivity index (χ0v) is 19.0. The van der Waals surface area contributed by atoms with Crippen LogP contribution in [-0.4, -0.2) is 0 Å². The Kier molecular flexibility index (Phi) is 20.3. The Morgan fingerprint density at radius 1 is 0.519 bits per heavy atom. The van der Waals surface area contributed by atoms with E-state index in [2.05, 4.69) is 114 Å². The fourth-order valence-electron chi connectivity index (χ4n) is 1.97. The number of hydrogen-bond acceptors (Lipinski definition) is 0. The van der Waals surface area contributed by atoms with Crippen LogP contribution >= 0.6 is 0 Å². The third kappa shape index (κ3) is 14.7. The maximum atomic E-state index is 2.20. The lowest BCUT2D eigenvalue weighted by Crippen LogP contribution is -1.83. The van der Waals surface area contributed by atoms with Crippen molar-refractivity contribution in [1.82, 2.24) is 0 Å². The van der Waals surface area contributed by atoms with E-state index < -0.39 is 0 Å². The lowest BCUT2D eigenvalue weighted by molar-refractivity contribution is 0.867. The van der Waals surface area contributed by atoms with Crippen LogP contribution in [0.15, 0.2) is 78.9 Å². The fourth-order valence-corrected chi connectivity index (χ4v) is 1.97. The Hall–Kier alpha value is -2.08. The van der Waals surface area contributed by atoms with E-state index in [1.165, 1.54) is 29.2 Å². The van der Waals surface area contributed by atoms with Gasteiger partial charge in [0.2, 0.25) is 0 Å². The molecule has 3 aromatic carbocycles. The minimum absolute atomic E-state index is 0.659. The van der Waals surface area contributed by atoms with Crippen molar-refractivity contribution in [3.8, 4) is 0 Å². The zero-order chi connectivity index (χ0) is 20.9. The molecule has 0 aliphatic carbocycles. The second kappa shape index (κ2) is 20.2. The quantitative estimate of drug-likeness (QED) is 0.402. The molecular formula is C27H42. The second-order valence-electron chi connectivity index (χ2n) is 6.33. The van der Waals surface area contributed by atoms with E-state index in [4.69, 9.17) is 0 Å². The Labute approximate surface area is 169 Å². The van der Waals surface area contributed by atoms with Gasteiger partial charge in [0, 0.05) is 0 Å². The lowest BCUT2D eigenvalue weighted by Gasteiger charge is -2.01. The average molecular weight is 367 g/mol. The number of benzene rings is 3. The van der Waals surface area contributed by atoms with Gasteiger partial charge >= 0.3 is 0 Å². The first kappa shape index (κ1) is 27.1. The summed E-state index contributed by atoms with van der Waals surface area (Å²) < 4.78 is 0. The zero-order valence-electron chi connectivity index (χ0n) is 19.0. The highest BCUT2D eigenvalue weighted by atomic mass is 14.0. The standard InChI is InChI=1S/C10H8.C9H12.2C3H8.C2H6/c1-2-6-10-8-4-3-7-9(10)5-1;1-8(2)9-6-4-3-5-7-9;2*1-3-2;1-2/h1-8H;3-8H,1-2H3;2*3H2,1-2H3;1-2H3. The van der Waals surface area contributed by atoms with Crippen molar-refractivity contribution >= 4 is 10.8 Å². The molecule has 0 atom stereocenters. The summed E-state index contributed by atoms with van der Waals surface area (Å²) in [4.78, 5) is 0. The predicted octanol–water partition coefficient (Wildman–Crippen LogP) is 9.51. The topological polar surface area (TPSA) is 0 Å². The molecule has 3 rings (SSSR count). The molecule has 0 unspecified atom stereocenters. The minimum Gasteiger partial charge on any atom is -0.0683 e. The summed E-state index contributed by atoms with van der Waals surface area (Å²) in [6.45, 7) is 16.9. The number of fused-ring (bicyclic) bond motifs is 1. The summed E-state index contributed by atoms with van der Waals surface area (Å²) >= 11 is 0. The summed E-state index contributed by atoms with van der Waals surface area (Å²) in [5.74, 6) is 0.659. The molecule has 0 spiro atoms. The Morgan fingerprint density at radius 2 is 0.778 bits per heavy atom. The van der Waals surface area contributed by atoms with E-state index in [-0.39, 0.29) is 0 Å². The van der Waals surface area contributed by atoms with Crippen LogP contribution in [0.5, 0.6) is 0 Å². The predicted molar refractivity (Wildman–Crippen MR) is 128 cm³/mol. The molecule has 0 aromatic heterocycles. The fraction of sp³-hybridized carbons (Fsp3) is 0.407. The second-order valence-corrected chi connectivity index (χ2v) is 6.33. The van der Waals surface area contributed by atoms with E-state index in [1.807, 2.05) is 19.9 Å². The highest BCUT2D eigenvalue weighted by Crippen LogP contribution is 2.12. The summed E-state index contributed by atoms with van der Waals surface area (Å²) in [7, 11) is 0. The van der Waals surface area contributed by atoms with Crippen molar-refractivity contribution in [2.24, 2.45) is 0 Å². The molecule has 0 saturated carbocycles. The van der Waals surface area contributed by atoms with Crippen molar-refractivity contribution in [1.29, 1.82) is 0 Å². The van der Waals surface area contributed by atoms with Crippen molar-refractivity contribution in [2.75, 3.05) is 0 Å². The molecule has 3 aromatic rings. The van der Waals surface area contributed by atoms with Gasteiger partial charge in [0.15, 0.2) is 0 Å². The van der Waals surface area contributed by atoms with Gasteiger partial charge < -0.3 is 0 Å². The maximum absolute atomic E-state index is 2.20. The van der Waals surface area contributed by atoms with Crippen molar-refractivity contribution in [2.45, 2.75) is 74.1 Å². The summed E-state index contributed by atoms with van der Waals surface area (Å²) in [5.41, 5.74) is 1.41. The number of rotatable bonds is 1. The van der Waals surface area contributed by atoms with Gasteiger partial charge in [-0.15, -0.1) is 0 Å². The first-order valence-corrected chi connectivity index (χ1v) is 10.6. The smallest absolute Gasteiger partial charge is 0.0184 e. The van der Waals surface area contributed by atoms with Gasteiger partial charge in [-0.05, 0) is 22.3 Å². The Bertz CT molecular complexity index is 571. The molecule has 0 heteroatoms. The molecule has 0 amide bonds. The molecule has 0 N–H and O–H groups in total. The van der Waals surface area contributed by atoms with Crippen molar-refractivity contribution in [3.05, 3.63) is 84.4 Å². The van der Waals surface area contributed by atoms with Crippen LogP contribution in [0.25, 0.3) is 10.8 Å². The Balaban J connectivity index is 0. The molecule has 150 valence electrons. The van der Waals surface area contributed by atoms with Gasteiger partial charge in [0.1, 0.15) is 0 Å². The molecule has 0 aliphatic heterocycles. The molecule has 0 nitrogen and oxygen atoms in total. The van der Waals surface area contributed by atoms with Crippen LogP contribution in [0, 0.1) is 0 Å². The van der Waals surface area contributed by atoms with Gasteiger partial charge in [-0.25, -0.2) is 0 Å². The summed E-state index contributed by atoms with van der Waals surface area (Å²) in [5, 5.41) is 2.62. The van der Waals surface area contributed by atoms with Crippen LogP contribution in [-0.2, 0) is 0 Å². The lowest BCUT2D eigenvalue weighted by atomic mass is 10.0. The third-order valence-electron chi connectivity index (χ3n) is 3.12. The van der Waals surface area contributed by atoms with E-state index >= 15 is 0 Å². The normalized spacial score (nSPS) is 8.63. The van der Waals surface area contributed by atoms with Gasteiger partial charge in [-0.3, -0.25) is 0 Å². The molecule has 0 aliphatic rings.